The number of benzene rings is 3. The number of aromatic hydroxyl groups is 1. The predicted molar refractivity (Wildman–Crippen MR) is 127 cm³/mol. The Morgan fingerprint density at radius 3 is 2.50 bits per heavy atom. The number of nitrogens with zero attached hydrogens (tertiary/aromatic N) is 2. The molecule has 0 amide bonds. The summed E-state index contributed by atoms with van der Waals surface area (Å²) in [5.41, 5.74) is 2.91. The van der Waals surface area contributed by atoms with E-state index in [0.717, 1.165) is 6.07 Å². The Morgan fingerprint density at radius 2 is 1.85 bits per heavy atom. The largest absolute Gasteiger partial charge is 0.504 e. The molecule has 12 heteroatoms. The van der Waals surface area contributed by atoms with Crippen LogP contribution in [0.2, 0.25) is 0 Å². The number of nitrogens with one attached hydrogen (secondary N) is 2. The van der Waals surface area contributed by atoms with E-state index in [9.17, 15) is 23.6 Å². The third kappa shape index (κ3) is 5.92. The summed E-state index contributed by atoms with van der Waals surface area (Å²) in [6.07, 6.45) is 1.38. The van der Waals surface area contributed by atoms with Gasteiger partial charge in [-0.15, -0.1) is 0 Å². The quantitative estimate of drug-likeness (QED) is 0.221. The molecule has 0 spiro atoms. The lowest BCUT2D eigenvalue weighted by Crippen LogP contribution is -2.13. The van der Waals surface area contributed by atoms with Crippen molar-refractivity contribution in [3.63, 3.8) is 0 Å². The fourth-order valence-electron chi connectivity index (χ4n) is 2.86. The van der Waals surface area contributed by atoms with E-state index in [0.29, 0.717) is 17.9 Å². The highest BCUT2D eigenvalue weighted by Gasteiger charge is 2.21. The molecule has 0 aliphatic rings. The first-order valence-electron chi connectivity index (χ1n) is 9.93. The summed E-state index contributed by atoms with van der Waals surface area (Å²) in [5.74, 6) is 0.801. The van der Waals surface area contributed by atoms with E-state index in [1.165, 1.54) is 43.7 Å². The van der Waals surface area contributed by atoms with Gasteiger partial charge in [0.2, 0.25) is 0 Å². The van der Waals surface area contributed by atoms with Gasteiger partial charge in [0.25, 0.3) is 15.7 Å². The van der Waals surface area contributed by atoms with E-state index in [1.807, 2.05) is 0 Å². The first kappa shape index (κ1) is 24.3. The molecule has 0 fully saturated rings. The molecule has 0 aromatic heterocycles. The van der Waals surface area contributed by atoms with Crippen molar-refractivity contribution in [3.05, 3.63) is 76.3 Å². The van der Waals surface area contributed by atoms with Gasteiger partial charge >= 0.3 is 0 Å². The summed E-state index contributed by atoms with van der Waals surface area (Å²) in [5, 5.41) is 25.3. The van der Waals surface area contributed by atoms with Crippen LogP contribution in [0, 0.1) is 10.1 Å². The van der Waals surface area contributed by atoms with Crippen molar-refractivity contribution in [3.8, 4) is 17.2 Å². The lowest BCUT2D eigenvalue weighted by molar-refractivity contribution is -0.384. The highest BCUT2D eigenvalue weighted by atomic mass is 32.2. The van der Waals surface area contributed by atoms with Gasteiger partial charge in [-0.2, -0.15) is 5.10 Å². The van der Waals surface area contributed by atoms with Crippen LogP contribution in [-0.2, 0) is 10.0 Å². The lowest BCUT2D eigenvalue weighted by Gasteiger charge is -2.10. The first-order chi connectivity index (χ1) is 16.2. The van der Waals surface area contributed by atoms with Crippen LogP contribution in [0.1, 0.15) is 12.5 Å². The number of nitro benzene ring substituents is 1. The van der Waals surface area contributed by atoms with Crippen LogP contribution in [0.25, 0.3) is 0 Å². The Kier molecular flexibility index (Phi) is 7.53. The summed E-state index contributed by atoms with van der Waals surface area (Å²) >= 11 is 0. The Labute approximate surface area is 195 Å². The molecule has 178 valence electrons. The molecule has 3 aromatic rings. The molecule has 3 aromatic carbocycles. The fraction of sp³-hybridized carbons (Fsp3) is 0.136. The van der Waals surface area contributed by atoms with Crippen LogP contribution in [0.3, 0.4) is 0 Å². The summed E-state index contributed by atoms with van der Waals surface area (Å²) in [6, 6.07) is 14.2. The normalized spacial score (nSPS) is 11.2. The van der Waals surface area contributed by atoms with Gasteiger partial charge in [0.1, 0.15) is 11.4 Å². The third-order valence-electron chi connectivity index (χ3n) is 4.50. The fourth-order valence-corrected chi connectivity index (χ4v) is 3.93. The zero-order valence-corrected chi connectivity index (χ0v) is 19.1. The zero-order chi connectivity index (χ0) is 24.7. The minimum atomic E-state index is -4.08. The number of anilines is 2. The Morgan fingerprint density at radius 1 is 1.12 bits per heavy atom. The smallest absolute Gasteiger partial charge is 0.295 e. The van der Waals surface area contributed by atoms with E-state index in [2.05, 4.69) is 15.2 Å². The summed E-state index contributed by atoms with van der Waals surface area (Å²) in [7, 11) is -2.60. The Hall–Kier alpha value is -4.32. The summed E-state index contributed by atoms with van der Waals surface area (Å²) in [4.78, 5) is 10.6. The first-order valence-corrected chi connectivity index (χ1v) is 11.4. The maximum Gasteiger partial charge on any atom is 0.295 e. The number of nitro groups is 1. The molecule has 0 bridgehead atoms. The second kappa shape index (κ2) is 10.5. The average Bonchev–Trinajstić information content (AvgIpc) is 2.81. The molecule has 0 saturated heterocycles. The number of phenols is 1. The number of sulfonamides is 1. The van der Waals surface area contributed by atoms with Gasteiger partial charge in [0.05, 0.1) is 29.8 Å². The van der Waals surface area contributed by atoms with Gasteiger partial charge in [-0.1, -0.05) is 0 Å². The van der Waals surface area contributed by atoms with Crippen LogP contribution in [-0.4, -0.2) is 38.4 Å². The van der Waals surface area contributed by atoms with Crippen LogP contribution in [0.5, 0.6) is 17.2 Å². The third-order valence-corrected chi connectivity index (χ3v) is 5.88. The van der Waals surface area contributed by atoms with Gasteiger partial charge in [-0.3, -0.25) is 20.3 Å². The number of ether oxygens (including phenoxy) is 2. The molecule has 0 atom stereocenters. The van der Waals surface area contributed by atoms with Crippen LogP contribution in [0.4, 0.5) is 17.1 Å². The number of methoxy groups -OCH3 is 1. The van der Waals surface area contributed by atoms with Gasteiger partial charge < -0.3 is 14.6 Å². The van der Waals surface area contributed by atoms with Crippen molar-refractivity contribution in [1.29, 1.82) is 0 Å². The van der Waals surface area contributed by atoms with Gasteiger partial charge in [-0.05, 0) is 67.1 Å². The molecule has 0 unspecified atom stereocenters. The number of phenolic OH excluding ortho intramolecular Hbond substituents is 1. The lowest BCUT2D eigenvalue weighted by atomic mass is 10.2. The molecule has 0 aliphatic carbocycles. The maximum atomic E-state index is 12.7. The Bertz CT molecular complexity index is 1310. The van der Waals surface area contributed by atoms with E-state index >= 15 is 0 Å². The SMILES string of the molecule is CCOc1cc(/C=N/Nc2ccc(S(=O)(=O)Nc3ccc(OC)cc3)cc2[N+](=O)[O-])ccc1O. The number of rotatable bonds is 10. The molecule has 0 saturated carbocycles. The van der Waals surface area contributed by atoms with Crippen LogP contribution in [0.15, 0.2) is 70.7 Å². The van der Waals surface area contributed by atoms with Gasteiger partial charge in [0.15, 0.2) is 11.5 Å². The minimum absolute atomic E-state index is 0.00606. The molecule has 0 heterocycles. The van der Waals surface area contributed by atoms with Gasteiger partial charge in [-0.25, -0.2) is 8.42 Å². The van der Waals surface area contributed by atoms with Crippen molar-refractivity contribution in [1.82, 2.24) is 0 Å². The summed E-state index contributed by atoms with van der Waals surface area (Å²) in [6.45, 7) is 2.14. The molecular weight excluding hydrogens is 464 g/mol. The predicted octanol–water partition coefficient (Wildman–Crippen LogP) is 3.95. The van der Waals surface area contributed by atoms with E-state index in [4.69, 9.17) is 9.47 Å². The van der Waals surface area contributed by atoms with Gasteiger partial charge in [0, 0.05) is 11.8 Å². The highest BCUT2D eigenvalue weighted by Crippen LogP contribution is 2.29. The zero-order valence-electron chi connectivity index (χ0n) is 18.3. The van der Waals surface area contributed by atoms with Crippen molar-refractivity contribution in [2.45, 2.75) is 11.8 Å². The Balaban J connectivity index is 1.80. The minimum Gasteiger partial charge on any atom is -0.504 e. The van der Waals surface area contributed by atoms with Crippen molar-refractivity contribution < 1.29 is 27.9 Å². The van der Waals surface area contributed by atoms with Crippen molar-refractivity contribution in [2.75, 3.05) is 23.9 Å². The maximum absolute atomic E-state index is 12.7. The van der Waals surface area contributed by atoms with Crippen LogP contribution >= 0.6 is 0 Å². The second-order valence-electron chi connectivity index (χ2n) is 6.80. The molecule has 0 radical (unpaired) electrons. The molecule has 0 aliphatic heterocycles. The molecule has 11 nitrogen and oxygen atoms in total. The van der Waals surface area contributed by atoms with E-state index in [1.54, 1.807) is 31.2 Å². The van der Waals surface area contributed by atoms with Crippen molar-refractivity contribution in [2.24, 2.45) is 5.10 Å². The second-order valence-corrected chi connectivity index (χ2v) is 8.48. The van der Waals surface area contributed by atoms with E-state index < -0.39 is 20.6 Å². The standard InChI is InChI=1S/C22H22N4O7S/c1-3-33-22-12-15(4-11-21(22)27)14-23-24-19-10-9-18(13-20(19)26(28)29)34(30,31)25-16-5-7-17(32-2)8-6-16/h4-14,24-25,27H,3H2,1-2H3/b23-14+. The molecule has 3 rings (SSSR count). The summed E-state index contributed by atoms with van der Waals surface area (Å²) < 4.78 is 38.1. The number of hydrazone groups is 1. The highest BCUT2D eigenvalue weighted by molar-refractivity contribution is 7.92. The van der Waals surface area contributed by atoms with Crippen LogP contribution < -0.4 is 19.6 Å². The monoisotopic (exact) mass is 486 g/mol. The number of hydrogen-bond acceptors (Lipinski definition) is 9. The van der Waals surface area contributed by atoms with Crippen molar-refractivity contribution >= 4 is 33.3 Å². The van der Waals surface area contributed by atoms with E-state index in [-0.39, 0.29) is 27.8 Å². The number of hydrogen-bond donors (Lipinski definition) is 3. The molecule has 3 N–H and O–H groups in total. The molecular formula is C22H22N4O7S. The molecule has 34 heavy (non-hydrogen) atoms. The average molecular weight is 487 g/mol. The topological polar surface area (TPSA) is 152 Å².